The highest BCUT2D eigenvalue weighted by molar-refractivity contribution is 5.95. The molecule has 0 radical (unpaired) electrons. The van der Waals surface area contributed by atoms with Crippen LogP contribution in [0, 0.1) is 13.8 Å². The number of ketones is 2. The summed E-state index contributed by atoms with van der Waals surface area (Å²) in [5.74, 6) is -15.2. The Hall–Kier alpha value is -14.1. The quantitative estimate of drug-likeness (QED) is 0.0273. The summed E-state index contributed by atoms with van der Waals surface area (Å²) in [4.78, 5) is 264. The second-order valence-electron chi connectivity index (χ2n) is 35.9. The van der Waals surface area contributed by atoms with Crippen LogP contribution in [0.4, 0.5) is 9.59 Å². The second-order valence-corrected chi connectivity index (χ2v) is 35.9. The van der Waals surface area contributed by atoms with E-state index in [4.69, 9.17) is 10.2 Å². The molecule has 49 nitrogen and oxygen atoms in total. The molecule has 18 N–H and O–H groups in total. The first-order chi connectivity index (χ1) is 69.3. The molecule has 49 heteroatoms. The summed E-state index contributed by atoms with van der Waals surface area (Å²) in [7, 11) is 0. The number of pyridine rings is 1. The molecular weight excluding hydrogens is 1910 g/mol. The molecule has 2 saturated heterocycles. The van der Waals surface area contributed by atoms with Crippen LogP contribution in [0.5, 0.6) is 0 Å². The van der Waals surface area contributed by atoms with Gasteiger partial charge in [-0.1, -0.05) is 60.2 Å². The van der Waals surface area contributed by atoms with E-state index in [0.717, 1.165) is 22.4 Å². The summed E-state index contributed by atoms with van der Waals surface area (Å²) in [6.45, 7) is 8.71. The van der Waals surface area contributed by atoms with Gasteiger partial charge >= 0.3 is 77.7 Å². The van der Waals surface area contributed by atoms with E-state index in [-0.39, 0.29) is 278 Å². The standard InChI is InChI=1S/C52H76N10O17.C45H64N8O14/c1-35-9-10-38(30-54-35)31-62(20-6-4-7-41(50(75)76)57-52(79)56-40(36(2)63)15-18-45(66)67)44(65)8-3-5-19-53-49(74)39-13-11-37(12-14-39)29-55-43(64)17-16-42(51(77)78)61-27-25-59(33-47(70)71)23-21-58(32-46(68)69)22-24-60(26-28-61)34-48(72)73;1-31-6-8-34(9-7-31)26-53(16-4-3-5-37(44(65)66)48-45(67)47-36(32(2)54)14-15-39(56)57)43(64)35-12-10-33(11-13-35)25-46-38(55)27-49-17-19-50(28-40(58)59)21-23-52(30-42(62)63)24-22-51(20-18-49)29-41(60)61/h9-14,30,40-42H,3-8,15-29,31-34H2,1-2H3,(H,53,74)(H,55,64)(H,66,67)(H,68,69)(H,70,71)(H,72,73)(H,75,76)(H,77,78)(H2,56,57,79);6-13,36-37H,3-5,14-30H2,1-2H3,(H,46,55)(H,56,57)(H,58,59)(H,60,61)(H,62,63)(H,65,66)(H2,47,48,67)/t40-,41-,42?;36-,37-/m11/s1. The lowest BCUT2D eigenvalue weighted by molar-refractivity contribution is -0.145. The Balaban J connectivity index is 0.000000521. The van der Waals surface area contributed by atoms with Gasteiger partial charge in [-0.15, -0.1) is 0 Å². The van der Waals surface area contributed by atoms with Gasteiger partial charge in [-0.3, -0.25) is 121 Å². The number of urea groups is 2. The van der Waals surface area contributed by atoms with Crippen molar-refractivity contribution in [2.24, 2.45) is 0 Å². The van der Waals surface area contributed by atoms with Gasteiger partial charge in [-0.2, -0.15) is 0 Å². The molecule has 3 heterocycles. The summed E-state index contributed by atoms with van der Waals surface area (Å²) in [5, 5.41) is 122. The number of carboxylic acid groups (broad SMARTS) is 11. The fourth-order valence-corrected chi connectivity index (χ4v) is 15.9. The third-order valence-corrected chi connectivity index (χ3v) is 24.1. The molecule has 0 aliphatic carbocycles. The van der Waals surface area contributed by atoms with Crippen LogP contribution in [0.2, 0.25) is 0 Å². The maximum absolute atomic E-state index is 13.9. The number of nitrogens with zero attached hydrogens (tertiary/aromatic N) is 11. The number of rotatable bonds is 58. The number of carbonyl (C=O) groups is 20. The van der Waals surface area contributed by atoms with Crippen LogP contribution in [-0.4, -0.2) is 429 Å². The molecule has 2 fully saturated rings. The fourth-order valence-electron chi connectivity index (χ4n) is 15.9. The zero-order valence-corrected chi connectivity index (χ0v) is 82.9. The predicted molar refractivity (Wildman–Crippen MR) is 523 cm³/mol. The molecule has 146 heavy (non-hydrogen) atoms. The first-order valence-corrected chi connectivity index (χ1v) is 48.2. The van der Waals surface area contributed by atoms with E-state index in [1.807, 2.05) is 55.1 Å². The Morgan fingerprint density at radius 1 is 0.329 bits per heavy atom. The molecule has 1 unspecified atom stereocenters. The number of carbonyl (C=O) groups excluding carboxylic acids is 9. The van der Waals surface area contributed by atoms with Gasteiger partial charge in [0.1, 0.15) is 18.1 Å². The van der Waals surface area contributed by atoms with Crippen molar-refractivity contribution < 1.29 is 152 Å². The van der Waals surface area contributed by atoms with Crippen molar-refractivity contribution in [3.63, 3.8) is 0 Å². The highest BCUT2D eigenvalue weighted by atomic mass is 16.4. The Morgan fingerprint density at radius 2 is 0.685 bits per heavy atom. The molecule has 0 saturated carbocycles. The molecular formula is C97H140N18O31. The Bertz CT molecular complexity index is 4920. The van der Waals surface area contributed by atoms with Gasteiger partial charge in [0.15, 0.2) is 11.6 Å². The maximum Gasteiger partial charge on any atom is 0.326 e. The highest BCUT2D eigenvalue weighted by Gasteiger charge is 2.33. The van der Waals surface area contributed by atoms with Crippen LogP contribution in [0.3, 0.4) is 0 Å². The molecule has 3 aromatic carbocycles. The lowest BCUT2D eigenvalue weighted by Gasteiger charge is -2.35. The SMILES string of the molecule is CC(=O)[C@@H](CCC(=O)O)NC(=O)N[C@H](CCCCN(Cc1ccc(C)cc1)C(=O)c1ccc(CNC(=O)CN2CCN(CC(=O)O)CCN(CC(=O)O)CCN(CC(=O)O)CC2)cc1)C(=O)O.CC(=O)[C@@H](CCC(=O)O)NC(=O)N[C@H](CCCCN(Cc1ccc(C)nc1)C(=O)CCCCNC(=O)c1ccc(CNC(=O)CCC(C(=O)O)N2CCN(CC(=O)O)CCN(CC(=O)O)CCN(CC(=O)O)CC2)cc1)C(=O)O. The Labute approximate surface area is 844 Å². The van der Waals surface area contributed by atoms with Gasteiger partial charge in [0.2, 0.25) is 17.7 Å². The number of benzene rings is 3. The number of amides is 9. The van der Waals surface area contributed by atoms with E-state index >= 15 is 0 Å². The molecule has 5 atom stereocenters. The van der Waals surface area contributed by atoms with Gasteiger partial charge < -0.3 is 103 Å². The summed E-state index contributed by atoms with van der Waals surface area (Å²) in [6, 6.07) is 16.6. The predicted octanol–water partition coefficient (Wildman–Crippen LogP) is 0.863. The molecule has 2 aliphatic heterocycles. The number of Topliss-reactive ketones (excluding diaryl/α,β-unsaturated/α-hetero) is 2. The Morgan fingerprint density at radius 3 is 1.05 bits per heavy atom. The number of nitrogens with one attached hydrogen (secondary N) is 7. The second kappa shape index (κ2) is 66.0. The number of unbranched alkanes of at least 4 members (excludes halogenated alkanes) is 3. The van der Waals surface area contributed by atoms with Gasteiger partial charge in [0.05, 0.1) is 57.9 Å². The number of aliphatic carboxylic acids is 11. The monoisotopic (exact) mass is 2050 g/mol. The lowest BCUT2D eigenvalue weighted by Crippen LogP contribution is -2.52. The molecule has 4 aromatic rings. The zero-order valence-electron chi connectivity index (χ0n) is 82.9. The molecule has 0 spiro atoms. The van der Waals surface area contributed by atoms with E-state index < -0.39 is 125 Å². The van der Waals surface area contributed by atoms with Crippen molar-refractivity contribution in [3.8, 4) is 0 Å². The largest absolute Gasteiger partial charge is 0.481 e. The van der Waals surface area contributed by atoms with Crippen molar-refractivity contribution >= 4 is 119 Å². The van der Waals surface area contributed by atoms with Gasteiger partial charge in [0, 0.05) is 199 Å². The summed E-state index contributed by atoms with van der Waals surface area (Å²) in [5.41, 5.74) is 5.54. The molecule has 2 aliphatic rings. The lowest BCUT2D eigenvalue weighted by atomic mass is 10.1. The summed E-state index contributed by atoms with van der Waals surface area (Å²) in [6.07, 6.45) is 2.76. The minimum atomic E-state index is -1.32. The van der Waals surface area contributed by atoms with Crippen molar-refractivity contribution in [1.29, 1.82) is 0 Å². The third kappa shape index (κ3) is 51.4. The van der Waals surface area contributed by atoms with Crippen LogP contribution >= 0.6 is 0 Å². The minimum Gasteiger partial charge on any atom is -0.481 e. The average molecular weight is 2050 g/mol. The van der Waals surface area contributed by atoms with Crippen LogP contribution in [0.15, 0.2) is 91.1 Å². The number of hydrogen-bond donors (Lipinski definition) is 18. The number of aromatic nitrogens is 1. The van der Waals surface area contributed by atoms with Crippen LogP contribution < -0.4 is 37.2 Å². The van der Waals surface area contributed by atoms with Crippen molar-refractivity contribution in [3.05, 3.63) is 136 Å². The van der Waals surface area contributed by atoms with E-state index in [2.05, 4.69) is 42.2 Å². The van der Waals surface area contributed by atoms with E-state index in [9.17, 15) is 142 Å². The molecule has 6 rings (SSSR count). The van der Waals surface area contributed by atoms with Gasteiger partial charge in [0.25, 0.3) is 11.8 Å². The molecule has 804 valence electrons. The fraction of sp³-hybridized carbons (Fsp3) is 0.557. The van der Waals surface area contributed by atoms with E-state index in [1.165, 1.54) is 13.8 Å². The topological polar surface area (TPSA) is 693 Å². The van der Waals surface area contributed by atoms with Crippen LogP contribution in [-0.2, 0) is 103 Å². The summed E-state index contributed by atoms with van der Waals surface area (Å²) >= 11 is 0. The van der Waals surface area contributed by atoms with E-state index in [0.29, 0.717) is 60.8 Å². The molecule has 9 amide bonds. The number of hydrogen-bond acceptors (Lipinski definition) is 29. The van der Waals surface area contributed by atoms with Gasteiger partial charge in [-0.05, 0) is 151 Å². The van der Waals surface area contributed by atoms with Gasteiger partial charge in [-0.25, -0.2) is 19.2 Å². The van der Waals surface area contributed by atoms with Crippen LogP contribution in [0.25, 0.3) is 0 Å². The first-order valence-electron chi connectivity index (χ1n) is 48.2. The number of aryl methyl sites for hydroxylation is 2. The maximum atomic E-state index is 13.9. The smallest absolute Gasteiger partial charge is 0.326 e. The van der Waals surface area contributed by atoms with E-state index in [1.54, 1.807) is 98.8 Å². The van der Waals surface area contributed by atoms with Crippen molar-refractivity contribution in [2.45, 2.75) is 180 Å². The molecule has 1 aromatic heterocycles. The molecule has 0 bridgehead atoms. The average Bonchev–Trinajstić information content (AvgIpc) is 0.844. The van der Waals surface area contributed by atoms with Crippen molar-refractivity contribution in [1.82, 2.24) is 91.2 Å². The van der Waals surface area contributed by atoms with Crippen LogP contribution in [0.1, 0.15) is 164 Å². The highest BCUT2D eigenvalue weighted by Crippen LogP contribution is 2.20. The normalized spacial score (nSPS) is 15.3. The Kier molecular flexibility index (Phi) is 55.3. The first kappa shape index (κ1) is 122. The summed E-state index contributed by atoms with van der Waals surface area (Å²) < 4.78 is 0. The minimum absolute atomic E-state index is 0.00866. The van der Waals surface area contributed by atoms with Crippen molar-refractivity contribution in [2.75, 3.05) is 170 Å². The third-order valence-electron chi connectivity index (χ3n) is 24.1. The zero-order chi connectivity index (χ0) is 108. The number of carboxylic acids is 11.